The SMILES string of the molecule is CCCCOCC1=C[C@@H](O)[C@H](OCCCC)[C@@H](OCCCC)[C@@H]1OCCCC. The number of aliphatic hydroxyl groups is 1. The van der Waals surface area contributed by atoms with E-state index in [1.165, 1.54) is 0 Å². The standard InChI is InChI=1S/C23H44O5/c1-5-9-13-25-18-19-17-20(24)22(27-15-11-7-3)23(28-16-12-8-4)21(19)26-14-10-6-2/h17,20-24H,5-16,18H2,1-4H3/t20-,21-,22+,23+/m1/s1. The molecule has 0 aromatic rings. The molecule has 0 amide bonds. The molecular formula is C23H44O5. The summed E-state index contributed by atoms with van der Waals surface area (Å²) in [5.74, 6) is 0. The van der Waals surface area contributed by atoms with Crippen molar-refractivity contribution in [3.63, 3.8) is 0 Å². The smallest absolute Gasteiger partial charge is 0.117 e. The van der Waals surface area contributed by atoms with Crippen LogP contribution < -0.4 is 0 Å². The summed E-state index contributed by atoms with van der Waals surface area (Å²) in [4.78, 5) is 0. The molecule has 0 spiro atoms. The fourth-order valence-electron chi connectivity index (χ4n) is 3.21. The molecule has 0 saturated heterocycles. The van der Waals surface area contributed by atoms with Crippen LogP contribution in [0.2, 0.25) is 0 Å². The van der Waals surface area contributed by atoms with Gasteiger partial charge in [-0.1, -0.05) is 53.4 Å². The van der Waals surface area contributed by atoms with Crippen molar-refractivity contribution in [3.05, 3.63) is 11.6 Å². The van der Waals surface area contributed by atoms with E-state index < -0.39 is 12.2 Å². The summed E-state index contributed by atoms with van der Waals surface area (Å²) in [6.45, 7) is 11.8. The van der Waals surface area contributed by atoms with Gasteiger partial charge >= 0.3 is 0 Å². The van der Waals surface area contributed by atoms with Gasteiger partial charge in [-0.25, -0.2) is 0 Å². The molecule has 0 aromatic carbocycles. The first-order chi connectivity index (χ1) is 13.7. The first kappa shape index (κ1) is 25.6. The minimum Gasteiger partial charge on any atom is -0.386 e. The van der Waals surface area contributed by atoms with Crippen LogP contribution in [0.1, 0.15) is 79.1 Å². The molecule has 1 aliphatic rings. The topological polar surface area (TPSA) is 57.2 Å². The van der Waals surface area contributed by atoms with E-state index in [-0.39, 0.29) is 12.2 Å². The zero-order chi connectivity index (χ0) is 20.6. The Morgan fingerprint density at radius 3 is 1.79 bits per heavy atom. The molecule has 0 fully saturated rings. The maximum Gasteiger partial charge on any atom is 0.117 e. The highest BCUT2D eigenvalue weighted by Gasteiger charge is 2.42. The fourth-order valence-corrected chi connectivity index (χ4v) is 3.21. The molecule has 0 aromatic heterocycles. The molecule has 28 heavy (non-hydrogen) atoms. The predicted octanol–water partition coefficient (Wildman–Crippen LogP) is 4.66. The lowest BCUT2D eigenvalue weighted by atomic mass is 9.89. The zero-order valence-electron chi connectivity index (χ0n) is 18.7. The van der Waals surface area contributed by atoms with Crippen LogP contribution in [-0.2, 0) is 18.9 Å². The molecule has 1 rings (SSSR count). The third-order valence-electron chi connectivity index (χ3n) is 5.03. The van der Waals surface area contributed by atoms with E-state index in [9.17, 15) is 5.11 Å². The zero-order valence-corrected chi connectivity index (χ0v) is 18.7. The third kappa shape index (κ3) is 9.36. The van der Waals surface area contributed by atoms with Crippen molar-refractivity contribution >= 4 is 0 Å². The lowest BCUT2D eigenvalue weighted by Gasteiger charge is -2.40. The van der Waals surface area contributed by atoms with Crippen LogP contribution >= 0.6 is 0 Å². The van der Waals surface area contributed by atoms with Crippen molar-refractivity contribution in [3.8, 4) is 0 Å². The Kier molecular flexibility index (Phi) is 14.9. The van der Waals surface area contributed by atoms with Crippen molar-refractivity contribution in [2.45, 2.75) is 103 Å². The van der Waals surface area contributed by atoms with Crippen LogP contribution in [0, 0.1) is 0 Å². The van der Waals surface area contributed by atoms with E-state index in [1.807, 2.05) is 6.08 Å². The number of hydrogen-bond acceptors (Lipinski definition) is 5. The Morgan fingerprint density at radius 2 is 1.21 bits per heavy atom. The quantitative estimate of drug-likeness (QED) is 0.284. The van der Waals surface area contributed by atoms with Gasteiger partial charge in [0.25, 0.3) is 0 Å². The minimum absolute atomic E-state index is 0.222. The first-order valence-corrected chi connectivity index (χ1v) is 11.5. The van der Waals surface area contributed by atoms with Crippen LogP contribution in [0.25, 0.3) is 0 Å². The number of hydrogen-bond donors (Lipinski definition) is 1. The van der Waals surface area contributed by atoms with Crippen LogP contribution in [0.4, 0.5) is 0 Å². The Bertz CT molecular complexity index is 398. The number of unbranched alkanes of at least 4 members (excludes halogenated alkanes) is 4. The van der Waals surface area contributed by atoms with Gasteiger partial charge < -0.3 is 24.1 Å². The van der Waals surface area contributed by atoms with Gasteiger partial charge in [-0.05, 0) is 37.3 Å². The van der Waals surface area contributed by atoms with E-state index in [0.717, 1.165) is 63.5 Å². The van der Waals surface area contributed by atoms with Crippen LogP contribution in [0.5, 0.6) is 0 Å². The van der Waals surface area contributed by atoms with Gasteiger partial charge in [-0.15, -0.1) is 0 Å². The summed E-state index contributed by atoms with van der Waals surface area (Å²) in [5, 5.41) is 10.8. The molecular weight excluding hydrogens is 356 g/mol. The Labute approximate surface area is 172 Å². The summed E-state index contributed by atoms with van der Waals surface area (Å²) in [6.07, 6.45) is 8.59. The Balaban J connectivity index is 2.91. The second-order valence-electron chi connectivity index (χ2n) is 7.66. The van der Waals surface area contributed by atoms with E-state index >= 15 is 0 Å². The maximum atomic E-state index is 10.8. The normalized spacial score (nSPS) is 25.1. The second kappa shape index (κ2) is 16.3. The highest BCUT2D eigenvalue weighted by molar-refractivity contribution is 5.21. The van der Waals surface area contributed by atoms with Gasteiger partial charge in [-0.3, -0.25) is 0 Å². The van der Waals surface area contributed by atoms with E-state index in [2.05, 4.69) is 27.7 Å². The summed E-state index contributed by atoms with van der Waals surface area (Å²) < 4.78 is 24.4. The molecule has 0 radical (unpaired) electrons. The summed E-state index contributed by atoms with van der Waals surface area (Å²) in [5.41, 5.74) is 0.983. The average Bonchev–Trinajstić information content (AvgIpc) is 2.69. The molecule has 0 heterocycles. The van der Waals surface area contributed by atoms with Crippen LogP contribution in [0.3, 0.4) is 0 Å². The van der Waals surface area contributed by atoms with Crippen molar-refractivity contribution < 1.29 is 24.1 Å². The Morgan fingerprint density at radius 1 is 0.714 bits per heavy atom. The molecule has 1 N–H and O–H groups in total. The summed E-state index contributed by atoms with van der Waals surface area (Å²) in [7, 11) is 0. The lowest BCUT2D eigenvalue weighted by molar-refractivity contribution is -0.163. The number of rotatable bonds is 17. The molecule has 5 heteroatoms. The van der Waals surface area contributed by atoms with Gasteiger partial charge in [0.2, 0.25) is 0 Å². The van der Waals surface area contributed by atoms with Crippen LogP contribution in [0.15, 0.2) is 11.6 Å². The second-order valence-corrected chi connectivity index (χ2v) is 7.66. The minimum atomic E-state index is -0.695. The molecule has 0 unspecified atom stereocenters. The van der Waals surface area contributed by atoms with Crippen molar-refractivity contribution in [1.82, 2.24) is 0 Å². The molecule has 1 aliphatic carbocycles. The highest BCUT2D eigenvalue weighted by Crippen LogP contribution is 2.29. The number of ether oxygens (including phenoxy) is 4. The fraction of sp³-hybridized carbons (Fsp3) is 0.913. The average molecular weight is 401 g/mol. The molecule has 0 aliphatic heterocycles. The molecule has 0 bridgehead atoms. The predicted molar refractivity (Wildman–Crippen MR) is 114 cm³/mol. The summed E-state index contributed by atoms with van der Waals surface area (Å²) >= 11 is 0. The van der Waals surface area contributed by atoms with Crippen molar-refractivity contribution in [2.24, 2.45) is 0 Å². The van der Waals surface area contributed by atoms with Gasteiger partial charge in [0, 0.05) is 26.4 Å². The molecule has 166 valence electrons. The van der Waals surface area contributed by atoms with E-state index in [4.69, 9.17) is 18.9 Å². The van der Waals surface area contributed by atoms with E-state index in [0.29, 0.717) is 26.4 Å². The summed E-state index contributed by atoms with van der Waals surface area (Å²) in [6, 6.07) is 0. The largest absolute Gasteiger partial charge is 0.386 e. The van der Waals surface area contributed by atoms with Crippen LogP contribution in [-0.4, -0.2) is 62.6 Å². The van der Waals surface area contributed by atoms with Crippen molar-refractivity contribution in [1.29, 1.82) is 0 Å². The first-order valence-electron chi connectivity index (χ1n) is 11.5. The van der Waals surface area contributed by atoms with Crippen molar-refractivity contribution in [2.75, 3.05) is 33.0 Å². The van der Waals surface area contributed by atoms with Gasteiger partial charge in [0.05, 0.1) is 6.61 Å². The monoisotopic (exact) mass is 400 g/mol. The molecule has 5 nitrogen and oxygen atoms in total. The highest BCUT2D eigenvalue weighted by atomic mass is 16.6. The lowest BCUT2D eigenvalue weighted by Crippen LogP contribution is -2.53. The van der Waals surface area contributed by atoms with Gasteiger partial charge in [0.1, 0.15) is 24.4 Å². The molecule has 0 saturated carbocycles. The maximum absolute atomic E-state index is 10.8. The Hall–Kier alpha value is -0.460. The van der Waals surface area contributed by atoms with Gasteiger partial charge in [0.15, 0.2) is 0 Å². The number of aliphatic hydroxyl groups excluding tert-OH is 1. The third-order valence-corrected chi connectivity index (χ3v) is 5.03. The van der Waals surface area contributed by atoms with E-state index in [1.54, 1.807) is 0 Å². The van der Waals surface area contributed by atoms with Gasteiger partial charge in [-0.2, -0.15) is 0 Å². The molecule has 4 atom stereocenters.